The molecule has 0 saturated carbocycles. The van der Waals surface area contributed by atoms with Gasteiger partial charge in [-0.1, -0.05) is 12.1 Å². The topological polar surface area (TPSA) is 53.6 Å². The second kappa shape index (κ2) is 4.42. The number of hydrogen-bond donors (Lipinski definition) is 2. The zero-order chi connectivity index (χ0) is 12.5. The summed E-state index contributed by atoms with van der Waals surface area (Å²) in [5.74, 6) is 0.820. The summed E-state index contributed by atoms with van der Waals surface area (Å²) in [6.45, 7) is 0. The monoisotopic (exact) mass is 302 g/mol. The molecule has 0 aliphatic carbocycles. The number of aromatic amines is 1. The van der Waals surface area contributed by atoms with E-state index in [1.165, 1.54) is 0 Å². The first-order valence-corrected chi connectivity index (χ1v) is 6.35. The number of halogens is 1. The lowest BCUT2D eigenvalue weighted by Crippen LogP contribution is -1.92. The molecule has 2 N–H and O–H groups in total. The number of pyridine rings is 1. The quantitative estimate of drug-likeness (QED) is 0.762. The van der Waals surface area contributed by atoms with E-state index >= 15 is 0 Å². The average molecular weight is 303 g/mol. The first kappa shape index (κ1) is 11.2. The summed E-state index contributed by atoms with van der Waals surface area (Å²) in [6, 6.07) is 10.0. The van der Waals surface area contributed by atoms with Crippen LogP contribution in [0, 0.1) is 0 Å². The van der Waals surface area contributed by atoms with E-state index in [1.807, 2.05) is 37.4 Å². The standard InChI is InChI=1S/C13H11BrN4/c1-15-10-5-3-2-4-9(10)12-17-11-6-8(14)7-16-13(11)18-12/h2-7,15H,1H3,(H,16,17,18). The van der Waals surface area contributed by atoms with Crippen LogP contribution in [-0.4, -0.2) is 22.0 Å². The van der Waals surface area contributed by atoms with Crippen LogP contribution in [0.25, 0.3) is 22.6 Å². The molecule has 0 amide bonds. The molecule has 2 heterocycles. The Bertz CT molecular complexity index is 705. The second-order valence-electron chi connectivity index (χ2n) is 3.91. The van der Waals surface area contributed by atoms with E-state index in [1.54, 1.807) is 6.20 Å². The fraction of sp³-hybridized carbons (Fsp3) is 0.0769. The maximum absolute atomic E-state index is 4.51. The normalized spacial score (nSPS) is 10.8. The molecule has 0 spiro atoms. The van der Waals surface area contributed by atoms with E-state index < -0.39 is 0 Å². The predicted octanol–water partition coefficient (Wildman–Crippen LogP) is 3.43. The lowest BCUT2D eigenvalue weighted by Gasteiger charge is -2.05. The third kappa shape index (κ3) is 1.86. The van der Waals surface area contributed by atoms with Crippen LogP contribution in [0.5, 0.6) is 0 Å². The van der Waals surface area contributed by atoms with Crippen molar-refractivity contribution in [2.45, 2.75) is 0 Å². The number of aromatic nitrogens is 3. The third-order valence-electron chi connectivity index (χ3n) is 2.76. The Kier molecular flexibility index (Phi) is 2.76. The van der Waals surface area contributed by atoms with Gasteiger partial charge in [0.05, 0.1) is 5.52 Å². The Morgan fingerprint density at radius 3 is 2.94 bits per heavy atom. The summed E-state index contributed by atoms with van der Waals surface area (Å²) in [4.78, 5) is 12.1. The molecule has 4 nitrogen and oxygen atoms in total. The molecule has 0 unspecified atom stereocenters. The Hall–Kier alpha value is -1.88. The molecule has 3 aromatic rings. The van der Waals surface area contributed by atoms with Crippen LogP contribution in [0.1, 0.15) is 0 Å². The van der Waals surface area contributed by atoms with Gasteiger partial charge in [0, 0.05) is 29.0 Å². The van der Waals surface area contributed by atoms with Gasteiger partial charge in [0.2, 0.25) is 0 Å². The molecule has 0 radical (unpaired) electrons. The van der Waals surface area contributed by atoms with E-state index in [0.29, 0.717) is 0 Å². The molecular formula is C13H11BrN4. The Balaban J connectivity index is 2.19. The number of benzene rings is 1. The van der Waals surface area contributed by atoms with Gasteiger partial charge in [-0.3, -0.25) is 0 Å². The second-order valence-corrected chi connectivity index (χ2v) is 4.82. The van der Waals surface area contributed by atoms with Crippen molar-refractivity contribution in [3.8, 4) is 11.4 Å². The van der Waals surface area contributed by atoms with Crippen LogP contribution >= 0.6 is 15.9 Å². The van der Waals surface area contributed by atoms with Crippen LogP contribution in [0.15, 0.2) is 41.0 Å². The highest BCUT2D eigenvalue weighted by Crippen LogP contribution is 2.27. The van der Waals surface area contributed by atoms with Gasteiger partial charge in [0.1, 0.15) is 5.82 Å². The highest BCUT2D eigenvalue weighted by Gasteiger charge is 2.09. The van der Waals surface area contributed by atoms with Gasteiger partial charge < -0.3 is 10.3 Å². The molecule has 5 heteroatoms. The minimum atomic E-state index is 0.721. The van der Waals surface area contributed by atoms with Crippen molar-refractivity contribution in [3.05, 3.63) is 41.0 Å². The molecule has 0 fully saturated rings. The number of fused-ring (bicyclic) bond motifs is 1. The van der Waals surface area contributed by atoms with Crippen LogP contribution < -0.4 is 5.32 Å². The Morgan fingerprint density at radius 2 is 2.11 bits per heavy atom. The first-order chi connectivity index (χ1) is 8.78. The third-order valence-corrected chi connectivity index (χ3v) is 3.19. The van der Waals surface area contributed by atoms with E-state index in [0.717, 1.165) is 32.7 Å². The van der Waals surface area contributed by atoms with Gasteiger partial charge in [-0.25, -0.2) is 9.97 Å². The van der Waals surface area contributed by atoms with E-state index in [4.69, 9.17) is 0 Å². The largest absolute Gasteiger partial charge is 0.388 e. The first-order valence-electron chi connectivity index (χ1n) is 5.56. The van der Waals surface area contributed by atoms with Crippen molar-refractivity contribution in [2.75, 3.05) is 12.4 Å². The molecular weight excluding hydrogens is 292 g/mol. The van der Waals surface area contributed by atoms with Crippen molar-refractivity contribution < 1.29 is 0 Å². The molecule has 0 saturated heterocycles. The van der Waals surface area contributed by atoms with Crippen molar-refractivity contribution in [3.63, 3.8) is 0 Å². The van der Waals surface area contributed by atoms with Crippen LogP contribution in [0.3, 0.4) is 0 Å². The van der Waals surface area contributed by atoms with E-state index in [-0.39, 0.29) is 0 Å². The summed E-state index contributed by atoms with van der Waals surface area (Å²) >= 11 is 3.40. The Morgan fingerprint density at radius 1 is 1.28 bits per heavy atom. The lowest BCUT2D eigenvalue weighted by atomic mass is 10.1. The Labute approximate surface area is 113 Å². The summed E-state index contributed by atoms with van der Waals surface area (Å²) in [7, 11) is 1.90. The van der Waals surface area contributed by atoms with Crippen LogP contribution in [-0.2, 0) is 0 Å². The SMILES string of the molecule is CNc1ccccc1-c1nc2ncc(Br)cc2[nH]1. The number of H-pyrrole nitrogens is 1. The van der Waals surface area contributed by atoms with Gasteiger partial charge in [0.15, 0.2) is 5.65 Å². The maximum Gasteiger partial charge on any atom is 0.178 e. The average Bonchev–Trinajstić information content (AvgIpc) is 2.81. The molecule has 2 aromatic heterocycles. The summed E-state index contributed by atoms with van der Waals surface area (Å²) in [5.41, 5.74) is 3.72. The fourth-order valence-corrected chi connectivity index (χ4v) is 2.24. The van der Waals surface area contributed by atoms with Crippen molar-refractivity contribution in [2.24, 2.45) is 0 Å². The molecule has 18 heavy (non-hydrogen) atoms. The highest BCUT2D eigenvalue weighted by molar-refractivity contribution is 9.10. The molecule has 90 valence electrons. The summed E-state index contributed by atoms with van der Waals surface area (Å²) in [5, 5.41) is 3.16. The number of para-hydroxylation sites is 1. The minimum absolute atomic E-state index is 0.721. The van der Waals surface area contributed by atoms with Gasteiger partial charge in [-0.15, -0.1) is 0 Å². The van der Waals surface area contributed by atoms with E-state index in [2.05, 4.69) is 36.2 Å². The number of imidazole rings is 1. The summed E-state index contributed by atoms with van der Waals surface area (Å²) in [6.07, 6.45) is 1.75. The smallest absolute Gasteiger partial charge is 0.178 e. The van der Waals surface area contributed by atoms with Crippen LogP contribution in [0.2, 0.25) is 0 Å². The van der Waals surface area contributed by atoms with Crippen molar-refractivity contribution >= 4 is 32.8 Å². The fourth-order valence-electron chi connectivity index (χ4n) is 1.91. The van der Waals surface area contributed by atoms with Gasteiger partial charge in [-0.05, 0) is 34.1 Å². The van der Waals surface area contributed by atoms with E-state index in [9.17, 15) is 0 Å². The zero-order valence-electron chi connectivity index (χ0n) is 9.74. The molecule has 0 bridgehead atoms. The lowest BCUT2D eigenvalue weighted by molar-refractivity contribution is 1.29. The van der Waals surface area contributed by atoms with Gasteiger partial charge in [0.25, 0.3) is 0 Å². The molecule has 3 rings (SSSR count). The summed E-state index contributed by atoms with van der Waals surface area (Å²) < 4.78 is 0.937. The van der Waals surface area contributed by atoms with Crippen molar-refractivity contribution in [1.82, 2.24) is 15.0 Å². The van der Waals surface area contributed by atoms with Crippen molar-refractivity contribution in [1.29, 1.82) is 0 Å². The number of nitrogens with one attached hydrogen (secondary N) is 2. The van der Waals surface area contributed by atoms with Gasteiger partial charge >= 0.3 is 0 Å². The number of anilines is 1. The minimum Gasteiger partial charge on any atom is -0.388 e. The van der Waals surface area contributed by atoms with Crippen LogP contribution in [0.4, 0.5) is 5.69 Å². The number of rotatable bonds is 2. The van der Waals surface area contributed by atoms with Gasteiger partial charge in [-0.2, -0.15) is 0 Å². The molecule has 0 atom stereocenters. The zero-order valence-corrected chi connectivity index (χ0v) is 11.3. The number of nitrogens with zero attached hydrogens (tertiary/aromatic N) is 2. The predicted molar refractivity (Wildman–Crippen MR) is 76.6 cm³/mol. The molecule has 0 aliphatic rings. The molecule has 1 aromatic carbocycles. The highest BCUT2D eigenvalue weighted by atomic mass is 79.9. The molecule has 0 aliphatic heterocycles. The maximum atomic E-state index is 4.51. The number of hydrogen-bond acceptors (Lipinski definition) is 3.